The number of benzene rings is 2. The fourth-order valence-electron chi connectivity index (χ4n) is 2.46. The van der Waals surface area contributed by atoms with Gasteiger partial charge in [-0.3, -0.25) is 4.79 Å². The van der Waals surface area contributed by atoms with Crippen molar-refractivity contribution >= 4 is 29.1 Å². The normalized spacial score (nSPS) is 12.0. The number of carbonyl (C=O) groups is 1. The first-order chi connectivity index (χ1) is 11.0. The Bertz CT molecular complexity index is 662. The molecule has 2 rings (SSSR count). The van der Waals surface area contributed by atoms with Crippen LogP contribution in [0.4, 0.5) is 0 Å². The second kappa shape index (κ2) is 7.82. The maximum atomic E-state index is 12.4. The highest BCUT2D eigenvalue weighted by Gasteiger charge is 2.21. The van der Waals surface area contributed by atoms with E-state index in [2.05, 4.69) is 0 Å². The molecule has 0 aromatic heterocycles. The number of amides is 1. The number of rotatable bonds is 5. The maximum Gasteiger partial charge on any atom is 0.253 e. The van der Waals surface area contributed by atoms with Gasteiger partial charge in [-0.15, -0.1) is 0 Å². The molecule has 0 bridgehead atoms. The van der Waals surface area contributed by atoms with Crippen molar-refractivity contribution in [1.29, 1.82) is 0 Å². The van der Waals surface area contributed by atoms with Crippen LogP contribution in [0.5, 0.6) is 0 Å². The van der Waals surface area contributed by atoms with E-state index in [4.69, 9.17) is 23.2 Å². The summed E-state index contributed by atoms with van der Waals surface area (Å²) in [6.45, 7) is 5.05. The molecule has 0 saturated heterocycles. The number of halogens is 2. The van der Waals surface area contributed by atoms with Crippen LogP contribution < -0.4 is 0 Å². The summed E-state index contributed by atoms with van der Waals surface area (Å²) in [5.41, 5.74) is 1.53. The van der Waals surface area contributed by atoms with Gasteiger partial charge in [0.25, 0.3) is 5.91 Å². The van der Waals surface area contributed by atoms with Gasteiger partial charge in [-0.05, 0) is 31.5 Å². The molecule has 2 aromatic carbocycles. The summed E-state index contributed by atoms with van der Waals surface area (Å²) in [4.78, 5) is 14.1. The lowest BCUT2D eigenvalue weighted by Gasteiger charge is -2.20. The van der Waals surface area contributed by atoms with Gasteiger partial charge in [0, 0.05) is 34.3 Å². The van der Waals surface area contributed by atoms with E-state index < -0.39 is 6.10 Å². The first-order valence-corrected chi connectivity index (χ1v) is 8.26. The lowest BCUT2D eigenvalue weighted by Crippen LogP contribution is -2.30. The molecule has 2 aromatic rings. The van der Waals surface area contributed by atoms with Gasteiger partial charge in [0.15, 0.2) is 0 Å². The fourth-order valence-corrected chi connectivity index (χ4v) is 3.16. The Labute approximate surface area is 146 Å². The summed E-state index contributed by atoms with van der Waals surface area (Å²) in [5.74, 6) is -0.125. The molecular weight excluding hydrogens is 333 g/mol. The van der Waals surface area contributed by atoms with E-state index in [0.717, 1.165) is 0 Å². The molecule has 0 aliphatic carbocycles. The predicted molar refractivity (Wildman–Crippen MR) is 94.2 cm³/mol. The lowest BCUT2D eigenvalue weighted by molar-refractivity contribution is 0.0773. The van der Waals surface area contributed by atoms with Crippen molar-refractivity contribution in [2.24, 2.45) is 0 Å². The van der Waals surface area contributed by atoms with Gasteiger partial charge >= 0.3 is 0 Å². The number of carbonyl (C=O) groups excluding carboxylic acids is 1. The largest absolute Gasteiger partial charge is 0.384 e. The van der Waals surface area contributed by atoms with Crippen LogP contribution in [0.1, 0.15) is 41.4 Å². The molecule has 122 valence electrons. The van der Waals surface area contributed by atoms with Crippen molar-refractivity contribution in [1.82, 2.24) is 4.90 Å². The second-order valence-corrected chi connectivity index (χ2v) is 5.96. The minimum Gasteiger partial charge on any atom is -0.384 e. The Morgan fingerprint density at radius 2 is 1.61 bits per heavy atom. The van der Waals surface area contributed by atoms with Crippen LogP contribution in [0.3, 0.4) is 0 Å². The molecule has 1 amide bonds. The van der Waals surface area contributed by atoms with E-state index in [-0.39, 0.29) is 16.0 Å². The van der Waals surface area contributed by atoms with Gasteiger partial charge < -0.3 is 10.0 Å². The van der Waals surface area contributed by atoms with Crippen LogP contribution in [-0.2, 0) is 0 Å². The zero-order chi connectivity index (χ0) is 17.0. The summed E-state index contributed by atoms with van der Waals surface area (Å²) < 4.78 is 0. The van der Waals surface area contributed by atoms with Crippen molar-refractivity contribution in [3.8, 4) is 0 Å². The Balaban J connectivity index is 2.40. The van der Waals surface area contributed by atoms with E-state index >= 15 is 0 Å². The first kappa shape index (κ1) is 17.8. The Morgan fingerprint density at radius 3 is 2.09 bits per heavy atom. The third-order valence-corrected chi connectivity index (χ3v) is 4.39. The average molecular weight is 352 g/mol. The molecule has 5 heteroatoms. The van der Waals surface area contributed by atoms with Crippen LogP contribution >= 0.6 is 23.2 Å². The van der Waals surface area contributed by atoms with Gasteiger partial charge in [0.1, 0.15) is 6.10 Å². The summed E-state index contributed by atoms with van der Waals surface area (Å²) in [7, 11) is 0. The van der Waals surface area contributed by atoms with Gasteiger partial charge in [-0.25, -0.2) is 0 Å². The SMILES string of the molecule is CCN(CC)C(=O)c1cc(Cl)c(C(O)c2ccccc2)c(Cl)c1. The highest BCUT2D eigenvalue weighted by molar-refractivity contribution is 6.36. The molecule has 23 heavy (non-hydrogen) atoms. The molecule has 0 radical (unpaired) electrons. The summed E-state index contributed by atoms with van der Waals surface area (Å²) in [5, 5.41) is 11.1. The number of hydrogen-bond donors (Lipinski definition) is 1. The minimum atomic E-state index is -0.936. The van der Waals surface area contributed by atoms with Crippen molar-refractivity contribution in [2.75, 3.05) is 13.1 Å². The molecule has 1 unspecified atom stereocenters. The Kier molecular flexibility index (Phi) is 6.05. The van der Waals surface area contributed by atoms with Crippen molar-refractivity contribution in [3.63, 3.8) is 0 Å². The molecule has 0 saturated carbocycles. The molecule has 1 atom stereocenters. The monoisotopic (exact) mass is 351 g/mol. The van der Waals surface area contributed by atoms with Gasteiger partial charge in [-0.2, -0.15) is 0 Å². The molecule has 0 aliphatic heterocycles. The zero-order valence-corrected chi connectivity index (χ0v) is 14.6. The Hall–Kier alpha value is -1.55. The van der Waals surface area contributed by atoms with E-state index in [1.54, 1.807) is 29.2 Å². The fraction of sp³-hybridized carbons (Fsp3) is 0.278. The van der Waals surface area contributed by atoms with E-state index in [9.17, 15) is 9.90 Å². The maximum absolute atomic E-state index is 12.4. The van der Waals surface area contributed by atoms with Gasteiger partial charge in [0.2, 0.25) is 0 Å². The first-order valence-electron chi connectivity index (χ1n) is 7.50. The molecule has 3 nitrogen and oxygen atoms in total. The zero-order valence-electron chi connectivity index (χ0n) is 13.1. The third kappa shape index (κ3) is 3.86. The van der Waals surface area contributed by atoms with Crippen molar-refractivity contribution < 1.29 is 9.90 Å². The third-order valence-electron chi connectivity index (χ3n) is 3.77. The lowest BCUT2D eigenvalue weighted by atomic mass is 10.00. The minimum absolute atomic E-state index is 0.125. The molecule has 0 heterocycles. The average Bonchev–Trinajstić information content (AvgIpc) is 2.55. The number of hydrogen-bond acceptors (Lipinski definition) is 2. The summed E-state index contributed by atoms with van der Waals surface area (Å²) >= 11 is 12.6. The smallest absolute Gasteiger partial charge is 0.253 e. The van der Waals surface area contributed by atoms with Crippen LogP contribution in [0, 0.1) is 0 Å². The summed E-state index contributed by atoms with van der Waals surface area (Å²) in [6.07, 6.45) is -0.936. The van der Waals surface area contributed by atoms with E-state index in [0.29, 0.717) is 29.8 Å². The number of nitrogens with zero attached hydrogens (tertiary/aromatic N) is 1. The molecule has 0 aliphatic rings. The molecular formula is C18H19Cl2NO2. The van der Waals surface area contributed by atoms with Gasteiger partial charge in [-0.1, -0.05) is 53.5 Å². The number of aliphatic hydroxyl groups excluding tert-OH is 1. The highest BCUT2D eigenvalue weighted by atomic mass is 35.5. The molecule has 1 N–H and O–H groups in total. The van der Waals surface area contributed by atoms with Crippen molar-refractivity contribution in [3.05, 3.63) is 69.2 Å². The highest BCUT2D eigenvalue weighted by Crippen LogP contribution is 2.35. The molecule has 0 spiro atoms. The second-order valence-electron chi connectivity index (χ2n) is 5.14. The Morgan fingerprint density at radius 1 is 1.09 bits per heavy atom. The quantitative estimate of drug-likeness (QED) is 0.857. The topological polar surface area (TPSA) is 40.5 Å². The summed E-state index contributed by atoms with van der Waals surface area (Å²) in [6, 6.07) is 12.3. The standard InChI is InChI=1S/C18H19Cl2NO2/c1-3-21(4-2)18(23)13-10-14(19)16(15(20)11-13)17(22)12-8-6-5-7-9-12/h5-11,17,22H,3-4H2,1-2H3. The van der Waals surface area contributed by atoms with E-state index in [1.165, 1.54) is 0 Å². The van der Waals surface area contributed by atoms with Crippen LogP contribution in [0.25, 0.3) is 0 Å². The van der Waals surface area contributed by atoms with Gasteiger partial charge in [0.05, 0.1) is 0 Å². The van der Waals surface area contributed by atoms with E-state index in [1.807, 2.05) is 32.0 Å². The van der Waals surface area contributed by atoms with Crippen LogP contribution in [0.15, 0.2) is 42.5 Å². The molecule has 0 fully saturated rings. The van der Waals surface area contributed by atoms with Crippen LogP contribution in [-0.4, -0.2) is 29.0 Å². The predicted octanol–water partition coefficient (Wildman–Crippen LogP) is 4.56. The number of aliphatic hydroxyl groups is 1. The van der Waals surface area contributed by atoms with Crippen molar-refractivity contribution in [2.45, 2.75) is 20.0 Å². The van der Waals surface area contributed by atoms with Crippen LogP contribution in [0.2, 0.25) is 10.0 Å².